The van der Waals surface area contributed by atoms with Gasteiger partial charge in [-0.3, -0.25) is 0 Å². The Labute approximate surface area is 97.2 Å². The first-order valence-corrected chi connectivity index (χ1v) is 6.49. The molecule has 0 radical (unpaired) electrons. The second-order valence-corrected chi connectivity index (χ2v) is 6.45. The lowest BCUT2D eigenvalue weighted by molar-refractivity contribution is 0.507. The van der Waals surface area contributed by atoms with E-state index < -0.39 is 0 Å². The second-order valence-electron chi connectivity index (χ2n) is 3.99. The van der Waals surface area contributed by atoms with Crippen molar-refractivity contribution < 1.29 is 0 Å². The standard InChI is InChI=1S/C10H15BrN2S/c1-12-6-10(4-5-10)7-13-9-3-2-8(11)14-9/h2-3,12-13H,4-7H2,1H3. The van der Waals surface area contributed by atoms with E-state index in [0.717, 1.165) is 13.1 Å². The van der Waals surface area contributed by atoms with Crippen molar-refractivity contribution in [2.45, 2.75) is 12.8 Å². The van der Waals surface area contributed by atoms with Crippen molar-refractivity contribution in [1.82, 2.24) is 5.32 Å². The van der Waals surface area contributed by atoms with Crippen LogP contribution in [0, 0.1) is 5.41 Å². The Bertz CT molecular complexity index is 307. The van der Waals surface area contributed by atoms with Crippen LogP contribution >= 0.6 is 27.3 Å². The van der Waals surface area contributed by atoms with Crippen LogP contribution in [0.15, 0.2) is 15.9 Å². The number of hydrogen-bond donors (Lipinski definition) is 2. The zero-order valence-corrected chi connectivity index (χ0v) is 10.7. The molecule has 1 saturated carbocycles. The van der Waals surface area contributed by atoms with Gasteiger partial charge in [-0.2, -0.15) is 0 Å². The van der Waals surface area contributed by atoms with E-state index in [0.29, 0.717) is 5.41 Å². The Balaban J connectivity index is 1.82. The van der Waals surface area contributed by atoms with Crippen molar-refractivity contribution in [3.05, 3.63) is 15.9 Å². The Kier molecular flexibility index (Phi) is 3.14. The SMILES string of the molecule is CNCC1(CNc2ccc(Br)s2)CC1. The van der Waals surface area contributed by atoms with Crippen LogP contribution in [0.25, 0.3) is 0 Å². The normalized spacial score (nSPS) is 18.1. The summed E-state index contributed by atoms with van der Waals surface area (Å²) in [5.74, 6) is 0. The van der Waals surface area contributed by atoms with E-state index in [1.807, 2.05) is 7.05 Å². The molecule has 1 fully saturated rings. The number of halogens is 1. The second kappa shape index (κ2) is 4.21. The molecular weight excluding hydrogens is 260 g/mol. The number of hydrogen-bond acceptors (Lipinski definition) is 3. The molecular formula is C10H15BrN2S. The molecule has 0 aliphatic heterocycles. The molecule has 1 aliphatic carbocycles. The predicted molar refractivity (Wildman–Crippen MR) is 66.1 cm³/mol. The lowest BCUT2D eigenvalue weighted by atomic mass is 10.1. The van der Waals surface area contributed by atoms with E-state index in [1.54, 1.807) is 11.3 Å². The monoisotopic (exact) mass is 274 g/mol. The third-order valence-corrected chi connectivity index (χ3v) is 4.30. The van der Waals surface area contributed by atoms with Gasteiger partial charge >= 0.3 is 0 Å². The largest absolute Gasteiger partial charge is 0.376 e. The third kappa shape index (κ3) is 2.49. The van der Waals surface area contributed by atoms with E-state index in [-0.39, 0.29) is 0 Å². The van der Waals surface area contributed by atoms with Gasteiger partial charge in [0.25, 0.3) is 0 Å². The van der Waals surface area contributed by atoms with Gasteiger partial charge in [0.1, 0.15) is 0 Å². The summed E-state index contributed by atoms with van der Waals surface area (Å²) in [7, 11) is 2.03. The molecule has 1 aliphatic rings. The minimum atomic E-state index is 0.533. The number of thiophene rings is 1. The molecule has 0 saturated heterocycles. The molecule has 0 bridgehead atoms. The van der Waals surface area contributed by atoms with Gasteiger partial charge in [0.15, 0.2) is 0 Å². The third-order valence-electron chi connectivity index (χ3n) is 2.72. The summed E-state index contributed by atoms with van der Waals surface area (Å²) in [5, 5.41) is 8.03. The van der Waals surface area contributed by atoms with Crippen molar-refractivity contribution in [1.29, 1.82) is 0 Å². The molecule has 2 N–H and O–H groups in total. The molecule has 0 aromatic carbocycles. The summed E-state index contributed by atoms with van der Waals surface area (Å²) in [6.45, 7) is 2.23. The highest BCUT2D eigenvalue weighted by Crippen LogP contribution is 2.45. The van der Waals surface area contributed by atoms with Gasteiger partial charge in [0, 0.05) is 18.5 Å². The molecule has 1 heterocycles. The van der Waals surface area contributed by atoms with Crippen LogP contribution in [-0.2, 0) is 0 Å². The van der Waals surface area contributed by atoms with Crippen LogP contribution in [0.2, 0.25) is 0 Å². The van der Waals surface area contributed by atoms with Crippen LogP contribution in [-0.4, -0.2) is 20.1 Å². The minimum Gasteiger partial charge on any atom is -0.376 e. The lowest BCUT2D eigenvalue weighted by Gasteiger charge is -2.14. The summed E-state index contributed by atoms with van der Waals surface area (Å²) in [4.78, 5) is 0. The fourth-order valence-corrected chi connectivity index (χ4v) is 2.93. The first-order chi connectivity index (χ1) is 6.74. The summed E-state index contributed by atoms with van der Waals surface area (Å²) in [6, 6.07) is 4.22. The molecule has 0 spiro atoms. The van der Waals surface area contributed by atoms with Crippen molar-refractivity contribution >= 4 is 32.3 Å². The Hall–Kier alpha value is -0.0600. The quantitative estimate of drug-likeness (QED) is 0.863. The molecule has 78 valence electrons. The average molecular weight is 275 g/mol. The maximum Gasteiger partial charge on any atom is 0.0894 e. The number of anilines is 1. The average Bonchev–Trinajstić information content (AvgIpc) is 2.80. The van der Waals surface area contributed by atoms with Gasteiger partial charge in [-0.15, -0.1) is 11.3 Å². The van der Waals surface area contributed by atoms with Crippen LogP contribution < -0.4 is 10.6 Å². The van der Waals surface area contributed by atoms with E-state index in [4.69, 9.17) is 0 Å². The van der Waals surface area contributed by atoms with Crippen molar-refractivity contribution in [3.63, 3.8) is 0 Å². The molecule has 1 aromatic rings. The van der Waals surface area contributed by atoms with Gasteiger partial charge in [-0.05, 0) is 48.0 Å². The first kappa shape index (κ1) is 10.5. The molecule has 0 amide bonds. The fourth-order valence-electron chi connectivity index (χ4n) is 1.65. The molecule has 14 heavy (non-hydrogen) atoms. The first-order valence-electron chi connectivity index (χ1n) is 4.88. The van der Waals surface area contributed by atoms with Gasteiger partial charge in [0.2, 0.25) is 0 Å². The van der Waals surface area contributed by atoms with Crippen LogP contribution in [0.3, 0.4) is 0 Å². The van der Waals surface area contributed by atoms with Crippen LogP contribution in [0.5, 0.6) is 0 Å². The van der Waals surface area contributed by atoms with Crippen LogP contribution in [0.4, 0.5) is 5.00 Å². The Morgan fingerprint density at radius 2 is 2.21 bits per heavy atom. The summed E-state index contributed by atoms with van der Waals surface area (Å²) in [5.41, 5.74) is 0.533. The Morgan fingerprint density at radius 3 is 2.71 bits per heavy atom. The highest BCUT2D eigenvalue weighted by molar-refractivity contribution is 9.11. The van der Waals surface area contributed by atoms with Crippen molar-refractivity contribution in [2.75, 3.05) is 25.5 Å². The molecule has 4 heteroatoms. The van der Waals surface area contributed by atoms with Crippen molar-refractivity contribution in [3.8, 4) is 0 Å². The summed E-state index contributed by atoms with van der Waals surface area (Å²) in [6.07, 6.45) is 2.71. The van der Waals surface area contributed by atoms with Gasteiger partial charge in [0.05, 0.1) is 8.79 Å². The molecule has 0 unspecified atom stereocenters. The molecule has 1 aromatic heterocycles. The van der Waals surface area contributed by atoms with Gasteiger partial charge < -0.3 is 10.6 Å². The van der Waals surface area contributed by atoms with E-state index in [2.05, 4.69) is 38.7 Å². The maximum atomic E-state index is 3.50. The smallest absolute Gasteiger partial charge is 0.0894 e. The Morgan fingerprint density at radius 1 is 1.43 bits per heavy atom. The number of nitrogens with one attached hydrogen (secondary N) is 2. The van der Waals surface area contributed by atoms with Crippen LogP contribution in [0.1, 0.15) is 12.8 Å². The fraction of sp³-hybridized carbons (Fsp3) is 0.600. The highest BCUT2D eigenvalue weighted by Gasteiger charge is 2.41. The van der Waals surface area contributed by atoms with Gasteiger partial charge in [-0.1, -0.05) is 0 Å². The number of rotatable bonds is 5. The van der Waals surface area contributed by atoms with E-state index in [9.17, 15) is 0 Å². The van der Waals surface area contributed by atoms with Crippen molar-refractivity contribution in [2.24, 2.45) is 5.41 Å². The van der Waals surface area contributed by atoms with E-state index in [1.165, 1.54) is 21.6 Å². The zero-order chi connectivity index (χ0) is 10.0. The maximum absolute atomic E-state index is 3.50. The minimum absolute atomic E-state index is 0.533. The predicted octanol–water partition coefficient (Wildman–Crippen LogP) is 2.92. The van der Waals surface area contributed by atoms with E-state index >= 15 is 0 Å². The highest BCUT2D eigenvalue weighted by atomic mass is 79.9. The summed E-state index contributed by atoms with van der Waals surface area (Å²) < 4.78 is 1.19. The van der Waals surface area contributed by atoms with Gasteiger partial charge in [-0.25, -0.2) is 0 Å². The summed E-state index contributed by atoms with van der Waals surface area (Å²) >= 11 is 5.22. The zero-order valence-electron chi connectivity index (χ0n) is 8.27. The topological polar surface area (TPSA) is 24.1 Å². The molecule has 2 nitrogen and oxygen atoms in total. The molecule has 2 rings (SSSR count). The molecule has 0 atom stereocenters. The lowest BCUT2D eigenvalue weighted by Crippen LogP contribution is -2.26.